The van der Waals surface area contributed by atoms with Crippen LogP contribution in [0.1, 0.15) is 40.5 Å². The van der Waals surface area contributed by atoms with Crippen LogP contribution < -0.4 is 4.74 Å². The second-order valence-corrected chi connectivity index (χ2v) is 8.89. The number of benzene rings is 1. The summed E-state index contributed by atoms with van der Waals surface area (Å²) in [7, 11) is 1.30. The Morgan fingerprint density at radius 3 is 2.57 bits per heavy atom. The summed E-state index contributed by atoms with van der Waals surface area (Å²) in [5, 5.41) is 0. The molecule has 35 heavy (non-hydrogen) atoms. The smallest absolute Gasteiger partial charge is 0.344 e. The van der Waals surface area contributed by atoms with Crippen molar-refractivity contribution in [1.29, 1.82) is 0 Å². The van der Waals surface area contributed by atoms with Gasteiger partial charge in [-0.15, -0.1) is 11.8 Å². The number of carbonyl (C=O) groups is 2. The molecule has 1 saturated heterocycles. The van der Waals surface area contributed by atoms with Crippen molar-refractivity contribution in [2.45, 2.75) is 36.8 Å². The molecule has 4 rings (SSSR count). The summed E-state index contributed by atoms with van der Waals surface area (Å²) in [5.74, 6) is -1.14. The standard InChI is InChI=1S/C25H25FN4O4S/c1-15-8-9-16(34-23-21(25(32)33-2)19(35-3)10-13-29-23)14-30(15)24(31)17-6-4-7-18(26)20(17)22-27-11-5-12-28-22/h4-7,10-13,15-16H,8-9,14H2,1-3H3/t15-,16-/m1/s1. The largest absolute Gasteiger partial charge is 0.472 e. The number of carbonyl (C=O) groups excluding carboxylic acids is 2. The predicted octanol–water partition coefficient (Wildman–Crippen LogP) is 4.26. The van der Waals surface area contributed by atoms with E-state index in [2.05, 4.69) is 15.0 Å². The normalized spacial score (nSPS) is 17.7. The van der Waals surface area contributed by atoms with Crippen molar-refractivity contribution in [2.75, 3.05) is 19.9 Å². The highest BCUT2D eigenvalue weighted by atomic mass is 32.2. The Hall–Kier alpha value is -3.53. The molecular weight excluding hydrogens is 471 g/mol. The van der Waals surface area contributed by atoms with Crippen molar-refractivity contribution >= 4 is 23.6 Å². The minimum Gasteiger partial charge on any atom is -0.472 e. The van der Waals surface area contributed by atoms with Crippen LogP contribution in [0.2, 0.25) is 0 Å². The monoisotopic (exact) mass is 496 g/mol. The number of hydrogen-bond donors (Lipinski definition) is 0. The fourth-order valence-corrected chi connectivity index (χ4v) is 4.67. The van der Waals surface area contributed by atoms with Crippen LogP contribution in [0, 0.1) is 5.82 Å². The van der Waals surface area contributed by atoms with Gasteiger partial charge in [-0.25, -0.2) is 24.1 Å². The quantitative estimate of drug-likeness (QED) is 0.369. The van der Waals surface area contributed by atoms with Crippen LogP contribution in [0.4, 0.5) is 4.39 Å². The van der Waals surface area contributed by atoms with Crippen molar-refractivity contribution in [2.24, 2.45) is 0 Å². The van der Waals surface area contributed by atoms with Gasteiger partial charge in [-0.3, -0.25) is 4.79 Å². The summed E-state index contributed by atoms with van der Waals surface area (Å²) in [5.41, 5.74) is 0.504. The van der Waals surface area contributed by atoms with Gasteiger partial charge in [0.1, 0.15) is 17.5 Å². The number of amides is 1. The third-order valence-electron chi connectivity index (χ3n) is 5.90. The number of halogens is 1. The SMILES string of the molecule is COC(=O)c1c(SC)ccnc1O[C@@H]1CC[C@@H](C)N(C(=O)c2cccc(F)c2-c2ncccn2)C1. The Kier molecular flexibility index (Phi) is 7.60. The van der Waals surface area contributed by atoms with E-state index in [-0.39, 0.29) is 46.9 Å². The molecule has 0 unspecified atom stereocenters. The first-order valence-corrected chi connectivity index (χ1v) is 12.3. The molecule has 1 aliphatic rings. The number of pyridine rings is 1. The van der Waals surface area contributed by atoms with Crippen molar-refractivity contribution in [3.63, 3.8) is 0 Å². The molecular formula is C25H25FN4O4S. The number of piperidine rings is 1. The van der Waals surface area contributed by atoms with E-state index in [1.54, 1.807) is 29.3 Å². The number of methoxy groups -OCH3 is 1. The highest BCUT2D eigenvalue weighted by Gasteiger charge is 2.34. The van der Waals surface area contributed by atoms with Crippen LogP contribution in [0.5, 0.6) is 5.88 Å². The topological polar surface area (TPSA) is 94.5 Å². The van der Waals surface area contributed by atoms with Crippen molar-refractivity contribution < 1.29 is 23.5 Å². The summed E-state index contributed by atoms with van der Waals surface area (Å²) < 4.78 is 25.9. The zero-order chi connectivity index (χ0) is 24.9. The first-order chi connectivity index (χ1) is 16.9. The maximum atomic E-state index is 14.8. The lowest BCUT2D eigenvalue weighted by Gasteiger charge is -2.38. The molecule has 0 aliphatic carbocycles. The van der Waals surface area contributed by atoms with Crippen LogP contribution in [0.15, 0.2) is 53.8 Å². The molecule has 3 aromatic rings. The fraction of sp³-hybridized carbons (Fsp3) is 0.320. The van der Waals surface area contributed by atoms with Gasteiger partial charge in [-0.2, -0.15) is 0 Å². The summed E-state index contributed by atoms with van der Waals surface area (Å²) in [4.78, 5) is 40.9. The molecule has 8 nitrogen and oxygen atoms in total. The third-order valence-corrected chi connectivity index (χ3v) is 6.68. The van der Waals surface area contributed by atoms with Gasteiger partial charge in [0.15, 0.2) is 5.82 Å². The highest BCUT2D eigenvalue weighted by molar-refractivity contribution is 7.98. The van der Waals surface area contributed by atoms with Crippen molar-refractivity contribution in [1.82, 2.24) is 19.9 Å². The molecule has 0 radical (unpaired) electrons. The fourth-order valence-electron chi connectivity index (χ4n) is 4.10. The van der Waals surface area contributed by atoms with Gasteiger partial charge in [0, 0.05) is 29.5 Å². The van der Waals surface area contributed by atoms with Gasteiger partial charge in [0.25, 0.3) is 5.91 Å². The van der Waals surface area contributed by atoms with Gasteiger partial charge in [0.2, 0.25) is 5.88 Å². The lowest BCUT2D eigenvalue weighted by atomic mass is 9.98. The summed E-state index contributed by atoms with van der Waals surface area (Å²) >= 11 is 1.39. The number of nitrogens with zero attached hydrogens (tertiary/aromatic N) is 4. The molecule has 0 bridgehead atoms. The average molecular weight is 497 g/mol. The van der Waals surface area contributed by atoms with E-state index < -0.39 is 17.9 Å². The molecule has 0 saturated carbocycles. The van der Waals surface area contributed by atoms with Gasteiger partial charge in [0.05, 0.1) is 24.8 Å². The lowest BCUT2D eigenvalue weighted by Crippen LogP contribution is -2.49. The molecule has 182 valence electrons. The second-order valence-electron chi connectivity index (χ2n) is 8.04. The number of esters is 1. The number of thioether (sulfide) groups is 1. The van der Waals surface area contributed by atoms with Crippen molar-refractivity contribution in [3.05, 3.63) is 65.9 Å². The van der Waals surface area contributed by atoms with Gasteiger partial charge in [-0.05, 0) is 50.3 Å². The zero-order valence-corrected chi connectivity index (χ0v) is 20.4. The first-order valence-electron chi connectivity index (χ1n) is 11.1. The Balaban J connectivity index is 1.62. The summed E-state index contributed by atoms with van der Waals surface area (Å²) in [6, 6.07) is 7.61. The van der Waals surface area contributed by atoms with Crippen LogP contribution in [-0.4, -0.2) is 63.8 Å². The minimum atomic E-state index is -0.569. The molecule has 0 spiro atoms. The Morgan fingerprint density at radius 2 is 1.86 bits per heavy atom. The Labute approximate surface area is 206 Å². The number of aromatic nitrogens is 3. The molecule has 1 amide bonds. The van der Waals surface area contributed by atoms with Crippen LogP contribution in [-0.2, 0) is 4.74 Å². The summed E-state index contributed by atoms with van der Waals surface area (Å²) in [6.45, 7) is 2.19. The van der Waals surface area contributed by atoms with Crippen LogP contribution in [0.25, 0.3) is 11.4 Å². The predicted molar refractivity (Wildman–Crippen MR) is 129 cm³/mol. The molecule has 0 N–H and O–H groups in total. The minimum absolute atomic E-state index is 0.0654. The lowest BCUT2D eigenvalue weighted by molar-refractivity contribution is 0.0358. The average Bonchev–Trinajstić information content (AvgIpc) is 2.89. The van der Waals surface area contributed by atoms with E-state index in [0.717, 1.165) is 0 Å². The maximum Gasteiger partial charge on any atom is 0.344 e. The molecule has 10 heteroatoms. The Morgan fingerprint density at radius 1 is 1.09 bits per heavy atom. The Bertz CT molecular complexity index is 1230. The number of ether oxygens (including phenoxy) is 2. The molecule has 1 aliphatic heterocycles. The van der Waals surface area contributed by atoms with Crippen molar-refractivity contribution in [3.8, 4) is 17.3 Å². The molecule has 1 aromatic carbocycles. The van der Waals surface area contributed by atoms with E-state index in [1.165, 1.54) is 43.4 Å². The number of rotatable bonds is 6. The van der Waals surface area contributed by atoms with E-state index in [1.807, 2.05) is 13.2 Å². The van der Waals surface area contributed by atoms with Crippen LogP contribution in [0.3, 0.4) is 0 Å². The van der Waals surface area contributed by atoms with Crippen LogP contribution >= 0.6 is 11.8 Å². The zero-order valence-electron chi connectivity index (χ0n) is 19.6. The highest BCUT2D eigenvalue weighted by Crippen LogP contribution is 2.31. The maximum absolute atomic E-state index is 14.8. The second kappa shape index (κ2) is 10.8. The molecule has 2 atom stereocenters. The van der Waals surface area contributed by atoms with E-state index >= 15 is 0 Å². The van der Waals surface area contributed by atoms with E-state index in [4.69, 9.17) is 9.47 Å². The molecule has 3 heterocycles. The van der Waals surface area contributed by atoms with Gasteiger partial charge < -0.3 is 14.4 Å². The third kappa shape index (κ3) is 5.12. The number of hydrogen-bond acceptors (Lipinski definition) is 8. The molecule has 2 aromatic heterocycles. The van der Waals surface area contributed by atoms with E-state index in [9.17, 15) is 14.0 Å². The van der Waals surface area contributed by atoms with Gasteiger partial charge >= 0.3 is 5.97 Å². The number of likely N-dealkylation sites (tertiary alicyclic amines) is 1. The molecule has 1 fully saturated rings. The summed E-state index contributed by atoms with van der Waals surface area (Å²) in [6.07, 6.45) is 7.35. The van der Waals surface area contributed by atoms with Gasteiger partial charge in [-0.1, -0.05) is 6.07 Å². The first kappa shape index (κ1) is 24.6. The van der Waals surface area contributed by atoms with E-state index in [0.29, 0.717) is 17.7 Å².